The average Bonchev–Trinajstić information content (AvgIpc) is 2.85. The number of hydrogen-bond donors (Lipinski definition) is 0. The van der Waals surface area contributed by atoms with Crippen molar-refractivity contribution in [2.45, 2.75) is 46.6 Å². The summed E-state index contributed by atoms with van der Waals surface area (Å²) in [4.78, 5) is 13.6. The van der Waals surface area contributed by atoms with Crippen LogP contribution < -0.4 is 0 Å². The molecule has 0 N–H and O–H groups in total. The van der Waals surface area contributed by atoms with Gasteiger partial charge in [0, 0.05) is 13.1 Å². The van der Waals surface area contributed by atoms with Gasteiger partial charge in [0.15, 0.2) is 0 Å². The van der Waals surface area contributed by atoms with E-state index in [2.05, 4.69) is 27.7 Å². The molecule has 0 bridgehead atoms. The lowest BCUT2D eigenvalue weighted by Crippen LogP contribution is -2.37. The molecular formula is C12H23NO2. The van der Waals surface area contributed by atoms with Crippen molar-refractivity contribution in [2.75, 3.05) is 13.1 Å². The summed E-state index contributed by atoms with van der Waals surface area (Å²) < 4.78 is 5.31. The van der Waals surface area contributed by atoms with Crippen LogP contribution in [0, 0.1) is 11.8 Å². The first-order valence-corrected chi connectivity index (χ1v) is 5.94. The minimum absolute atomic E-state index is 0.125. The van der Waals surface area contributed by atoms with Crippen LogP contribution in [0.5, 0.6) is 0 Å². The number of carbonyl (C=O) groups is 1. The zero-order chi connectivity index (χ0) is 11.4. The van der Waals surface area contributed by atoms with Gasteiger partial charge in [0.25, 0.3) is 0 Å². The largest absolute Gasteiger partial charge is 0.446 e. The highest BCUT2D eigenvalue weighted by molar-refractivity contribution is 5.68. The fraction of sp³-hybridized carbons (Fsp3) is 0.917. The van der Waals surface area contributed by atoms with Gasteiger partial charge < -0.3 is 9.64 Å². The van der Waals surface area contributed by atoms with Gasteiger partial charge in [-0.15, -0.1) is 0 Å². The Bertz CT molecular complexity index is 200. The van der Waals surface area contributed by atoms with Gasteiger partial charge in [0.2, 0.25) is 0 Å². The third kappa shape index (κ3) is 5.05. The summed E-state index contributed by atoms with van der Waals surface area (Å²) in [6.45, 7) is 10.1. The zero-order valence-electron chi connectivity index (χ0n) is 10.3. The van der Waals surface area contributed by atoms with Crippen molar-refractivity contribution < 1.29 is 9.53 Å². The van der Waals surface area contributed by atoms with E-state index in [1.165, 1.54) is 0 Å². The Labute approximate surface area is 92.8 Å². The van der Waals surface area contributed by atoms with Crippen molar-refractivity contribution >= 4 is 6.09 Å². The zero-order valence-corrected chi connectivity index (χ0v) is 10.3. The molecule has 0 atom stereocenters. The van der Waals surface area contributed by atoms with Gasteiger partial charge in [-0.05, 0) is 24.7 Å². The van der Waals surface area contributed by atoms with Gasteiger partial charge in [0.05, 0.1) is 0 Å². The molecule has 0 heterocycles. The molecule has 0 aromatic rings. The summed E-state index contributed by atoms with van der Waals surface area (Å²) in [5.74, 6) is 0.992. The number of nitrogens with zero attached hydrogens (tertiary/aromatic N) is 1. The SMILES string of the molecule is CC(C)CN(CC(C)C)C(=O)OC1CC1. The lowest BCUT2D eigenvalue weighted by atomic mass is 10.1. The van der Waals surface area contributed by atoms with Gasteiger partial charge in [-0.2, -0.15) is 0 Å². The molecule has 3 heteroatoms. The van der Waals surface area contributed by atoms with E-state index in [1.807, 2.05) is 4.90 Å². The van der Waals surface area contributed by atoms with Crippen molar-refractivity contribution in [1.82, 2.24) is 4.90 Å². The maximum Gasteiger partial charge on any atom is 0.410 e. The molecule has 0 aliphatic heterocycles. The van der Waals surface area contributed by atoms with Gasteiger partial charge >= 0.3 is 6.09 Å². The Morgan fingerprint density at radius 1 is 1.20 bits per heavy atom. The summed E-state index contributed by atoms with van der Waals surface area (Å²) in [6.07, 6.45) is 2.17. The summed E-state index contributed by atoms with van der Waals surface area (Å²) in [5, 5.41) is 0. The van der Waals surface area contributed by atoms with Crippen LogP contribution in [0.2, 0.25) is 0 Å². The highest BCUT2D eigenvalue weighted by atomic mass is 16.6. The summed E-state index contributed by atoms with van der Waals surface area (Å²) >= 11 is 0. The fourth-order valence-corrected chi connectivity index (χ4v) is 1.51. The molecule has 0 radical (unpaired) electrons. The second-order valence-electron chi connectivity index (χ2n) is 5.28. The number of ether oxygens (including phenoxy) is 1. The van der Waals surface area contributed by atoms with Crippen LogP contribution in [0.1, 0.15) is 40.5 Å². The second-order valence-corrected chi connectivity index (χ2v) is 5.28. The Kier molecular flexibility index (Phi) is 4.43. The Balaban J connectivity index is 2.40. The molecule has 1 saturated carbocycles. The van der Waals surface area contributed by atoms with Crippen LogP contribution in [0.3, 0.4) is 0 Å². The number of carbonyl (C=O) groups excluding carboxylic acids is 1. The highest BCUT2D eigenvalue weighted by Crippen LogP contribution is 2.24. The molecule has 1 aliphatic rings. The third-order valence-corrected chi connectivity index (χ3v) is 2.22. The van der Waals surface area contributed by atoms with Crippen molar-refractivity contribution in [2.24, 2.45) is 11.8 Å². The monoisotopic (exact) mass is 213 g/mol. The molecule has 0 aromatic carbocycles. The number of amides is 1. The third-order valence-electron chi connectivity index (χ3n) is 2.22. The van der Waals surface area contributed by atoms with Gasteiger partial charge in [-0.25, -0.2) is 4.79 Å². The van der Waals surface area contributed by atoms with Crippen molar-refractivity contribution in [3.8, 4) is 0 Å². The first-order valence-electron chi connectivity index (χ1n) is 5.94. The van der Waals surface area contributed by atoms with Crippen LogP contribution >= 0.6 is 0 Å². The first kappa shape index (κ1) is 12.3. The van der Waals surface area contributed by atoms with Crippen molar-refractivity contribution in [3.63, 3.8) is 0 Å². The minimum Gasteiger partial charge on any atom is -0.446 e. The molecule has 15 heavy (non-hydrogen) atoms. The van der Waals surface area contributed by atoms with E-state index >= 15 is 0 Å². The average molecular weight is 213 g/mol. The molecule has 1 fully saturated rings. The quantitative estimate of drug-likeness (QED) is 0.702. The topological polar surface area (TPSA) is 29.5 Å². The molecule has 88 valence electrons. The van der Waals surface area contributed by atoms with E-state index < -0.39 is 0 Å². The van der Waals surface area contributed by atoms with Gasteiger partial charge in [0.1, 0.15) is 6.10 Å². The Morgan fingerprint density at radius 2 is 1.67 bits per heavy atom. The molecular weight excluding hydrogens is 190 g/mol. The van der Waals surface area contributed by atoms with E-state index in [1.54, 1.807) is 0 Å². The van der Waals surface area contributed by atoms with E-state index in [-0.39, 0.29) is 12.2 Å². The first-order chi connectivity index (χ1) is 6.99. The predicted octanol–water partition coefficient (Wildman–Crippen LogP) is 2.90. The molecule has 1 amide bonds. The molecule has 0 unspecified atom stereocenters. The van der Waals surface area contributed by atoms with Crippen molar-refractivity contribution in [1.29, 1.82) is 0 Å². The Hall–Kier alpha value is -0.730. The normalized spacial score (nSPS) is 15.9. The molecule has 0 spiro atoms. The second kappa shape index (κ2) is 5.38. The van der Waals surface area contributed by atoms with E-state index in [0.717, 1.165) is 25.9 Å². The Morgan fingerprint density at radius 3 is 2.00 bits per heavy atom. The van der Waals surface area contributed by atoms with Crippen LogP contribution in [0.15, 0.2) is 0 Å². The molecule has 0 saturated heterocycles. The summed E-state index contributed by atoms with van der Waals surface area (Å²) in [7, 11) is 0. The highest BCUT2D eigenvalue weighted by Gasteiger charge is 2.28. The molecule has 3 nitrogen and oxygen atoms in total. The van der Waals surface area contributed by atoms with Crippen LogP contribution in [-0.2, 0) is 4.74 Å². The molecule has 1 aliphatic carbocycles. The summed E-state index contributed by atoms with van der Waals surface area (Å²) in [6, 6.07) is 0. The fourth-order valence-electron chi connectivity index (χ4n) is 1.51. The lowest BCUT2D eigenvalue weighted by Gasteiger charge is -2.25. The van der Waals surface area contributed by atoms with E-state index in [9.17, 15) is 4.79 Å². The van der Waals surface area contributed by atoms with Crippen LogP contribution in [-0.4, -0.2) is 30.2 Å². The van der Waals surface area contributed by atoms with E-state index in [4.69, 9.17) is 4.74 Å². The summed E-state index contributed by atoms with van der Waals surface area (Å²) in [5.41, 5.74) is 0. The standard InChI is InChI=1S/C12H23NO2/c1-9(2)7-13(8-10(3)4)12(14)15-11-5-6-11/h9-11H,5-8H2,1-4H3. The number of rotatable bonds is 5. The minimum atomic E-state index is -0.125. The number of hydrogen-bond acceptors (Lipinski definition) is 2. The van der Waals surface area contributed by atoms with E-state index in [0.29, 0.717) is 11.8 Å². The molecule has 1 rings (SSSR count). The molecule has 0 aromatic heterocycles. The lowest BCUT2D eigenvalue weighted by molar-refractivity contribution is 0.0873. The predicted molar refractivity (Wildman–Crippen MR) is 60.8 cm³/mol. The smallest absolute Gasteiger partial charge is 0.410 e. The maximum absolute atomic E-state index is 11.8. The van der Waals surface area contributed by atoms with Crippen molar-refractivity contribution in [3.05, 3.63) is 0 Å². The van der Waals surface area contributed by atoms with Gasteiger partial charge in [-0.1, -0.05) is 27.7 Å². The van der Waals surface area contributed by atoms with Gasteiger partial charge in [-0.3, -0.25) is 0 Å². The van der Waals surface area contributed by atoms with Crippen LogP contribution in [0.4, 0.5) is 4.79 Å². The van der Waals surface area contributed by atoms with Crippen LogP contribution in [0.25, 0.3) is 0 Å². The maximum atomic E-state index is 11.8.